The summed E-state index contributed by atoms with van der Waals surface area (Å²) in [5, 5.41) is 3.18. The maximum absolute atomic E-state index is 13.4. The summed E-state index contributed by atoms with van der Waals surface area (Å²) < 4.78 is 13.4. The fraction of sp³-hybridized carbons (Fsp3) is 0.611. The summed E-state index contributed by atoms with van der Waals surface area (Å²) in [6, 6.07) is 6.39. The molecule has 1 saturated heterocycles. The zero-order chi connectivity index (χ0) is 16.2. The summed E-state index contributed by atoms with van der Waals surface area (Å²) in [6.45, 7) is 6.43. The van der Waals surface area contributed by atoms with Gasteiger partial charge >= 0.3 is 0 Å². The summed E-state index contributed by atoms with van der Waals surface area (Å²) in [5.41, 5.74) is 0.0645. The molecular formula is C18H27FN2O. The number of piperidine rings is 1. The van der Waals surface area contributed by atoms with Crippen molar-refractivity contribution in [1.29, 1.82) is 0 Å². The van der Waals surface area contributed by atoms with Gasteiger partial charge in [-0.2, -0.15) is 0 Å². The first kappa shape index (κ1) is 16.9. The lowest BCUT2D eigenvalue weighted by atomic mass is 9.82. The lowest BCUT2D eigenvalue weighted by Crippen LogP contribution is -2.47. The highest BCUT2D eigenvalue weighted by Gasteiger charge is 2.35. The van der Waals surface area contributed by atoms with E-state index in [1.807, 2.05) is 31.9 Å². The smallest absolute Gasteiger partial charge is 0.232 e. The van der Waals surface area contributed by atoms with Gasteiger partial charge in [0.15, 0.2) is 0 Å². The number of amides is 1. The van der Waals surface area contributed by atoms with Gasteiger partial charge in [0.1, 0.15) is 5.82 Å². The van der Waals surface area contributed by atoms with Gasteiger partial charge in [-0.15, -0.1) is 0 Å². The van der Waals surface area contributed by atoms with E-state index in [9.17, 15) is 9.18 Å². The van der Waals surface area contributed by atoms with Crippen molar-refractivity contribution in [2.45, 2.75) is 38.5 Å². The number of hydrogen-bond donors (Lipinski definition) is 1. The molecule has 0 saturated carbocycles. The van der Waals surface area contributed by atoms with E-state index in [2.05, 4.69) is 5.32 Å². The molecule has 1 fully saturated rings. The van der Waals surface area contributed by atoms with Crippen molar-refractivity contribution in [3.63, 3.8) is 0 Å². The topological polar surface area (TPSA) is 32.3 Å². The molecule has 0 bridgehead atoms. The highest BCUT2D eigenvalue weighted by atomic mass is 19.1. The molecule has 1 aromatic rings. The average Bonchev–Trinajstić information content (AvgIpc) is 2.52. The van der Waals surface area contributed by atoms with Crippen LogP contribution in [0.2, 0.25) is 0 Å². The van der Waals surface area contributed by atoms with Crippen LogP contribution in [0.1, 0.15) is 38.7 Å². The van der Waals surface area contributed by atoms with Crippen LogP contribution in [0.4, 0.5) is 4.39 Å². The van der Waals surface area contributed by atoms with Gasteiger partial charge in [0.25, 0.3) is 0 Å². The molecule has 1 aliphatic heterocycles. The first-order valence-corrected chi connectivity index (χ1v) is 8.15. The molecule has 122 valence electrons. The molecule has 0 unspecified atom stereocenters. The van der Waals surface area contributed by atoms with E-state index in [1.165, 1.54) is 18.6 Å². The fourth-order valence-corrected chi connectivity index (χ4v) is 3.17. The zero-order valence-corrected chi connectivity index (χ0v) is 13.9. The van der Waals surface area contributed by atoms with Crippen molar-refractivity contribution in [2.24, 2.45) is 5.92 Å². The van der Waals surface area contributed by atoms with Crippen molar-refractivity contribution in [3.8, 4) is 0 Å². The van der Waals surface area contributed by atoms with Gasteiger partial charge in [0.2, 0.25) is 5.91 Å². The SMILES string of the molecule is CNCCC1CCN(C(=O)C(C)(C)c2cccc(F)c2)CC1. The molecule has 1 aliphatic rings. The van der Waals surface area contributed by atoms with E-state index in [-0.39, 0.29) is 11.7 Å². The number of rotatable bonds is 5. The minimum atomic E-state index is -0.681. The molecule has 0 radical (unpaired) electrons. The number of nitrogens with one attached hydrogen (secondary N) is 1. The first-order chi connectivity index (χ1) is 10.4. The van der Waals surface area contributed by atoms with Crippen LogP contribution in [0.5, 0.6) is 0 Å². The highest BCUT2D eigenvalue weighted by Crippen LogP contribution is 2.29. The number of carbonyl (C=O) groups is 1. The molecule has 1 heterocycles. The monoisotopic (exact) mass is 306 g/mol. The predicted molar refractivity (Wildman–Crippen MR) is 87.3 cm³/mol. The van der Waals surface area contributed by atoms with Crippen LogP contribution in [-0.4, -0.2) is 37.5 Å². The Labute approximate surface area is 132 Å². The average molecular weight is 306 g/mol. The summed E-state index contributed by atoms with van der Waals surface area (Å²) >= 11 is 0. The van der Waals surface area contributed by atoms with Gasteiger partial charge in [0.05, 0.1) is 5.41 Å². The van der Waals surface area contributed by atoms with E-state index in [0.717, 1.165) is 38.0 Å². The van der Waals surface area contributed by atoms with E-state index in [1.54, 1.807) is 6.07 Å². The maximum Gasteiger partial charge on any atom is 0.232 e. The summed E-state index contributed by atoms with van der Waals surface area (Å²) in [6.07, 6.45) is 3.30. The molecule has 4 heteroatoms. The molecule has 0 aliphatic carbocycles. The Balaban J connectivity index is 1.99. The molecule has 0 spiro atoms. The van der Waals surface area contributed by atoms with Crippen LogP contribution in [0.3, 0.4) is 0 Å². The Kier molecular flexibility index (Phi) is 5.57. The second-order valence-electron chi connectivity index (χ2n) is 6.76. The van der Waals surface area contributed by atoms with Gasteiger partial charge in [-0.3, -0.25) is 4.79 Å². The molecule has 22 heavy (non-hydrogen) atoms. The molecule has 0 atom stereocenters. The third kappa shape index (κ3) is 3.86. The van der Waals surface area contributed by atoms with E-state index < -0.39 is 5.41 Å². The van der Waals surface area contributed by atoms with Gasteiger partial charge in [-0.1, -0.05) is 12.1 Å². The van der Waals surface area contributed by atoms with Crippen LogP contribution in [-0.2, 0) is 10.2 Å². The standard InChI is InChI=1S/C18H27FN2O/c1-18(2,15-5-4-6-16(19)13-15)17(22)21-11-8-14(9-12-21)7-10-20-3/h4-6,13-14,20H,7-12H2,1-3H3. The second kappa shape index (κ2) is 7.23. The molecular weight excluding hydrogens is 279 g/mol. The van der Waals surface area contributed by atoms with Gasteiger partial charge in [-0.05, 0) is 70.3 Å². The number of carbonyl (C=O) groups excluding carboxylic acids is 1. The predicted octanol–water partition coefficient (Wildman–Crippen LogP) is 2.95. The lowest BCUT2D eigenvalue weighted by molar-refractivity contribution is -0.137. The Morgan fingerprint density at radius 1 is 1.36 bits per heavy atom. The Hall–Kier alpha value is -1.42. The number of nitrogens with zero attached hydrogens (tertiary/aromatic N) is 1. The van der Waals surface area contributed by atoms with Crippen molar-refractivity contribution >= 4 is 5.91 Å². The number of halogens is 1. The molecule has 3 nitrogen and oxygen atoms in total. The number of benzene rings is 1. The molecule has 1 amide bonds. The summed E-state index contributed by atoms with van der Waals surface area (Å²) in [5.74, 6) is 0.517. The fourth-order valence-electron chi connectivity index (χ4n) is 3.17. The minimum Gasteiger partial charge on any atom is -0.342 e. The summed E-state index contributed by atoms with van der Waals surface area (Å²) in [7, 11) is 1.97. The molecule has 1 N–H and O–H groups in total. The first-order valence-electron chi connectivity index (χ1n) is 8.15. The van der Waals surface area contributed by atoms with Gasteiger partial charge in [0, 0.05) is 13.1 Å². The third-order valence-electron chi connectivity index (χ3n) is 4.79. The number of likely N-dealkylation sites (tertiary alicyclic amines) is 1. The lowest BCUT2D eigenvalue weighted by Gasteiger charge is -2.37. The van der Waals surface area contributed by atoms with Crippen LogP contribution < -0.4 is 5.32 Å². The van der Waals surface area contributed by atoms with E-state index in [4.69, 9.17) is 0 Å². The minimum absolute atomic E-state index is 0.102. The Morgan fingerprint density at radius 3 is 2.64 bits per heavy atom. The van der Waals surface area contributed by atoms with E-state index >= 15 is 0 Å². The normalized spacial score (nSPS) is 16.8. The Bertz CT molecular complexity index is 508. The maximum atomic E-state index is 13.4. The van der Waals surface area contributed by atoms with Crippen molar-refractivity contribution in [1.82, 2.24) is 10.2 Å². The largest absolute Gasteiger partial charge is 0.342 e. The van der Waals surface area contributed by atoms with Crippen molar-refractivity contribution in [3.05, 3.63) is 35.6 Å². The quantitative estimate of drug-likeness (QED) is 0.907. The van der Waals surface area contributed by atoms with Crippen LogP contribution in [0, 0.1) is 11.7 Å². The highest BCUT2D eigenvalue weighted by molar-refractivity contribution is 5.87. The van der Waals surface area contributed by atoms with E-state index in [0.29, 0.717) is 5.92 Å². The van der Waals surface area contributed by atoms with Crippen molar-refractivity contribution < 1.29 is 9.18 Å². The third-order valence-corrected chi connectivity index (χ3v) is 4.79. The zero-order valence-electron chi connectivity index (χ0n) is 13.9. The molecule has 1 aromatic carbocycles. The Morgan fingerprint density at radius 2 is 2.05 bits per heavy atom. The van der Waals surface area contributed by atoms with Gasteiger partial charge < -0.3 is 10.2 Å². The van der Waals surface area contributed by atoms with Crippen molar-refractivity contribution in [2.75, 3.05) is 26.7 Å². The molecule has 2 rings (SSSR count). The van der Waals surface area contributed by atoms with Gasteiger partial charge in [-0.25, -0.2) is 4.39 Å². The van der Waals surface area contributed by atoms with Crippen LogP contribution in [0.25, 0.3) is 0 Å². The second-order valence-corrected chi connectivity index (χ2v) is 6.76. The summed E-state index contributed by atoms with van der Waals surface area (Å²) in [4.78, 5) is 14.8. The van der Waals surface area contributed by atoms with Crippen LogP contribution >= 0.6 is 0 Å². The van der Waals surface area contributed by atoms with Crippen LogP contribution in [0.15, 0.2) is 24.3 Å². The number of hydrogen-bond acceptors (Lipinski definition) is 2. The molecule has 0 aromatic heterocycles.